The molecule has 0 aliphatic rings. The lowest BCUT2D eigenvalue weighted by atomic mass is 10.1. The van der Waals surface area contributed by atoms with E-state index in [1.54, 1.807) is 0 Å². The standard InChI is InChI=1S/C53H84O6/c1-4-7-10-13-16-19-21-23-24-25-26-27-28-30-31-34-37-40-43-46-52(55)58-49-50(48-57-51(54)45-42-39-36-33-18-15-12-9-6-3)59-53(56)47-44-41-38-35-32-29-22-20-17-14-11-8-5-2/h7-8,10-11,14,16-17,19-20,22-24,26-27,30-31,33,36,50H,4-6,9,12-13,15,18,21,25,28-29,32,34-35,37-49H2,1-3H3/b10-7-,11-8-,17-14-,19-16-,22-20-,24-23-,27-26-,31-30-,36-33-. The maximum Gasteiger partial charge on any atom is 0.306 e. The SMILES string of the molecule is CC\C=C/C=C\C=C/CCCCCCCC(=O)OC(COC(=O)CCC/C=C\CCCCCC)COC(=O)CCCCC/C=C\C/C=C\C/C=C\C/C=C\C/C=C\CC. The molecule has 0 heterocycles. The Morgan fingerprint density at radius 1 is 0.373 bits per heavy atom. The molecule has 6 nitrogen and oxygen atoms in total. The Morgan fingerprint density at radius 3 is 1.32 bits per heavy atom. The fourth-order valence-corrected chi connectivity index (χ4v) is 5.82. The van der Waals surface area contributed by atoms with E-state index in [0.29, 0.717) is 19.3 Å². The zero-order valence-corrected chi connectivity index (χ0v) is 37.7. The van der Waals surface area contributed by atoms with Crippen LogP contribution >= 0.6 is 0 Å². The van der Waals surface area contributed by atoms with Crippen LogP contribution in [0.15, 0.2) is 109 Å². The minimum Gasteiger partial charge on any atom is -0.462 e. The Kier molecular flexibility index (Phi) is 43.6. The van der Waals surface area contributed by atoms with E-state index in [2.05, 4.69) is 124 Å². The number of unbranched alkanes of at least 4 members (excludes halogenated alkanes) is 13. The third-order valence-electron chi connectivity index (χ3n) is 9.30. The van der Waals surface area contributed by atoms with Crippen molar-refractivity contribution in [2.24, 2.45) is 0 Å². The van der Waals surface area contributed by atoms with Gasteiger partial charge in [0.25, 0.3) is 0 Å². The zero-order valence-electron chi connectivity index (χ0n) is 37.7. The van der Waals surface area contributed by atoms with Crippen molar-refractivity contribution in [1.82, 2.24) is 0 Å². The normalized spacial score (nSPS) is 13.1. The average molecular weight is 817 g/mol. The van der Waals surface area contributed by atoms with Gasteiger partial charge < -0.3 is 14.2 Å². The van der Waals surface area contributed by atoms with Gasteiger partial charge in [-0.1, -0.05) is 175 Å². The molecule has 0 spiro atoms. The van der Waals surface area contributed by atoms with Crippen LogP contribution in [0.1, 0.15) is 188 Å². The molecule has 0 aromatic heterocycles. The first-order chi connectivity index (χ1) is 29.0. The number of carbonyl (C=O) groups is 3. The highest BCUT2D eigenvalue weighted by molar-refractivity contribution is 5.71. The van der Waals surface area contributed by atoms with Gasteiger partial charge in [-0.2, -0.15) is 0 Å². The number of rotatable bonds is 40. The lowest BCUT2D eigenvalue weighted by Gasteiger charge is -2.18. The van der Waals surface area contributed by atoms with E-state index >= 15 is 0 Å². The monoisotopic (exact) mass is 817 g/mol. The molecule has 0 amide bonds. The molecule has 0 saturated heterocycles. The molecule has 0 radical (unpaired) electrons. The summed E-state index contributed by atoms with van der Waals surface area (Å²) in [5, 5.41) is 0. The van der Waals surface area contributed by atoms with Gasteiger partial charge in [-0.3, -0.25) is 14.4 Å². The van der Waals surface area contributed by atoms with Crippen LogP contribution in [0.3, 0.4) is 0 Å². The van der Waals surface area contributed by atoms with Gasteiger partial charge in [-0.05, 0) is 103 Å². The van der Waals surface area contributed by atoms with Crippen molar-refractivity contribution in [1.29, 1.82) is 0 Å². The topological polar surface area (TPSA) is 78.9 Å². The molecule has 0 aromatic rings. The smallest absolute Gasteiger partial charge is 0.306 e. The molecule has 0 fully saturated rings. The predicted octanol–water partition coefficient (Wildman–Crippen LogP) is 15.2. The van der Waals surface area contributed by atoms with Gasteiger partial charge in [-0.15, -0.1) is 0 Å². The largest absolute Gasteiger partial charge is 0.462 e. The van der Waals surface area contributed by atoms with Crippen LogP contribution in [0.5, 0.6) is 0 Å². The predicted molar refractivity (Wildman–Crippen MR) is 251 cm³/mol. The number of allylic oxidation sites excluding steroid dienone is 18. The van der Waals surface area contributed by atoms with E-state index in [0.717, 1.165) is 116 Å². The van der Waals surface area contributed by atoms with E-state index in [9.17, 15) is 14.4 Å². The first-order valence-corrected chi connectivity index (χ1v) is 23.4. The molecule has 332 valence electrons. The average Bonchev–Trinajstić information content (AvgIpc) is 3.23. The van der Waals surface area contributed by atoms with Crippen molar-refractivity contribution in [2.75, 3.05) is 13.2 Å². The molecular weight excluding hydrogens is 733 g/mol. The summed E-state index contributed by atoms with van der Waals surface area (Å²) in [6.07, 6.45) is 62.2. The highest BCUT2D eigenvalue weighted by Crippen LogP contribution is 2.11. The van der Waals surface area contributed by atoms with Crippen molar-refractivity contribution in [3.8, 4) is 0 Å². The Bertz CT molecular complexity index is 1260. The fraction of sp³-hybridized carbons (Fsp3) is 0.604. The van der Waals surface area contributed by atoms with Gasteiger partial charge in [0, 0.05) is 19.3 Å². The second kappa shape index (κ2) is 46.8. The highest BCUT2D eigenvalue weighted by atomic mass is 16.6. The molecule has 0 aliphatic carbocycles. The number of hydrogen-bond donors (Lipinski definition) is 0. The lowest BCUT2D eigenvalue weighted by Crippen LogP contribution is -2.30. The molecule has 0 saturated carbocycles. The minimum atomic E-state index is -0.813. The van der Waals surface area contributed by atoms with Crippen LogP contribution in [0.4, 0.5) is 0 Å². The summed E-state index contributed by atoms with van der Waals surface area (Å²) in [6, 6.07) is 0. The van der Waals surface area contributed by atoms with Gasteiger partial charge in [0.2, 0.25) is 0 Å². The van der Waals surface area contributed by atoms with Gasteiger partial charge in [-0.25, -0.2) is 0 Å². The van der Waals surface area contributed by atoms with E-state index < -0.39 is 6.10 Å². The van der Waals surface area contributed by atoms with Crippen molar-refractivity contribution in [3.63, 3.8) is 0 Å². The molecular formula is C53H84O6. The highest BCUT2D eigenvalue weighted by Gasteiger charge is 2.19. The molecule has 59 heavy (non-hydrogen) atoms. The maximum atomic E-state index is 12.7. The number of esters is 3. The quantitative estimate of drug-likeness (QED) is 0.0201. The van der Waals surface area contributed by atoms with Crippen LogP contribution in [-0.2, 0) is 28.6 Å². The Morgan fingerprint density at radius 2 is 0.763 bits per heavy atom. The Balaban J connectivity index is 4.47. The third kappa shape index (κ3) is 45.0. The Labute approximate surface area is 361 Å². The summed E-state index contributed by atoms with van der Waals surface area (Å²) in [5.41, 5.74) is 0. The van der Waals surface area contributed by atoms with Crippen LogP contribution in [-0.4, -0.2) is 37.2 Å². The van der Waals surface area contributed by atoms with Crippen LogP contribution < -0.4 is 0 Å². The summed E-state index contributed by atoms with van der Waals surface area (Å²) in [4.78, 5) is 37.7. The van der Waals surface area contributed by atoms with Crippen molar-refractivity contribution in [3.05, 3.63) is 109 Å². The second-order valence-electron chi connectivity index (χ2n) is 15.0. The summed E-state index contributed by atoms with van der Waals surface area (Å²) in [6.45, 7) is 6.25. The molecule has 0 rings (SSSR count). The van der Waals surface area contributed by atoms with E-state index in [4.69, 9.17) is 14.2 Å². The molecule has 6 heteroatoms. The fourth-order valence-electron chi connectivity index (χ4n) is 5.82. The van der Waals surface area contributed by atoms with Crippen molar-refractivity contribution in [2.45, 2.75) is 194 Å². The Hall–Kier alpha value is -3.93. The van der Waals surface area contributed by atoms with Crippen LogP contribution in [0.2, 0.25) is 0 Å². The molecule has 0 N–H and O–H groups in total. The van der Waals surface area contributed by atoms with Crippen LogP contribution in [0, 0.1) is 0 Å². The van der Waals surface area contributed by atoms with E-state index in [-0.39, 0.29) is 37.5 Å². The molecule has 1 atom stereocenters. The summed E-state index contributed by atoms with van der Waals surface area (Å²) < 4.78 is 16.6. The van der Waals surface area contributed by atoms with E-state index in [1.807, 2.05) is 6.08 Å². The lowest BCUT2D eigenvalue weighted by molar-refractivity contribution is -0.167. The van der Waals surface area contributed by atoms with Crippen LogP contribution in [0.25, 0.3) is 0 Å². The molecule has 0 aliphatic heterocycles. The van der Waals surface area contributed by atoms with Gasteiger partial charge in [0.1, 0.15) is 13.2 Å². The number of carbonyl (C=O) groups excluding carboxylic acids is 3. The number of ether oxygens (including phenoxy) is 3. The second-order valence-corrected chi connectivity index (χ2v) is 15.0. The van der Waals surface area contributed by atoms with Gasteiger partial charge >= 0.3 is 17.9 Å². The zero-order chi connectivity index (χ0) is 43.0. The first kappa shape index (κ1) is 55.1. The molecule has 0 aromatic carbocycles. The van der Waals surface area contributed by atoms with Gasteiger partial charge in [0.15, 0.2) is 6.10 Å². The summed E-state index contributed by atoms with van der Waals surface area (Å²) in [5.74, 6) is -1.01. The first-order valence-electron chi connectivity index (χ1n) is 23.4. The molecule has 0 bridgehead atoms. The molecule has 1 unspecified atom stereocenters. The summed E-state index contributed by atoms with van der Waals surface area (Å²) in [7, 11) is 0. The van der Waals surface area contributed by atoms with Crippen molar-refractivity contribution >= 4 is 17.9 Å². The van der Waals surface area contributed by atoms with Crippen molar-refractivity contribution < 1.29 is 28.6 Å². The number of hydrogen-bond acceptors (Lipinski definition) is 6. The minimum absolute atomic E-state index is 0.115. The van der Waals surface area contributed by atoms with E-state index in [1.165, 1.54) is 25.7 Å². The third-order valence-corrected chi connectivity index (χ3v) is 9.30. The summed E-state index contributed by atoms with van der Waals surface area (Å²) >= 11 is 0. The maximum absolute atomic E-state index is 12.7. The van der Waals surface area contributed by atoms with Gasteiger partial charge in [0.05, 0.1) is 0 Å².